The first-order valence-corrected chi connectivity index (χ1v) is 8.40. The van der Waals surface area contributed by atoms with Gasteiger partial charge >= 0.3 is 0 Å². The summed E-state index contributed by atoms with van der Waals surface area (Å²) in [7, 11) is -2.06. The molecule has 0 radical (unpaired) electrons. The summed E-state index contributed by atoms with van der Waals surface area (Å²) in [5.74, 6) is -0.113. The fourth-order valence-corrected chi connectivity index (χ4v) is 3.14. The van der Waals surface area contributed by atoms with Gasteiger partial charge in [-0.3, -0.25) is 0 Å². The summed E-state index contributed by atoms with van der Waals surface area (Å²) < 4.78 is 45.0. The molecular formula is C16H18FNO3S. The van der Waals surface area contributed by atoms with Crippen LogP contribution in [0.1, 0.15) is 16.7 Å². The minimum absolute atomic E-state index is 0.0187. The lowest BCUT2D eigenvalue weighted by Crippen LogP contribution is -2.25. The van der Waals surface area contributed by atoms with Crippen molar-refractivity contribution in [2.45, 2.75) is 19.2 Å². The Bertz CT molecular complexity index is 742. The standard InChI is InChI=1S/C16H18FNO3S/c1-12-3-5-13(6-4-12)11-22(19,20)18-10-14-9-15(17)7-8-16(14)21-2/h3-9,18H,10-11H2,1-2H3. The molecule has 4 nitrogen and oxygen atoms in total. The minimum atomic E-state index is -3.51. The Morgan fingerprint density at radius 1 is 1.14 bits per heavy atom. The number of nitrogens with one attached hydrogen (secondary N) is 1. The average Bonchev–Trinajstić information content (AvgIpc) is 2.48. The summed E-state index contributed by atoms with van der Waals surface area (Å²) >= 11 is 0. The fraction of sp³-hybridized carbons (Fsp3) is 0.250. The molecular weight excluding hydrogens is 305 g/mol. The Hall–Kier alpha value is -1.92. The summed E-state index contributed by atoms with van der Waals surface area (Å²) in [6.45, 7) is 1.92. The molecule has 0 amide bonds. The maximum atomic E-state index is 13.3. The predicted octanol–water partition coefficient (Wildman–Crippen LogP) is 2.76. The van der Waals surface area contributed by atoms with Gasteiger partial charge < -0.3 is 4.74 Å². The van der Waals surface area contributed by atoms with E-state index in [-0.39, 0.29) is 12.3 Å². The van der Waals surface area contributed by atoms with Crippen LogP contribution >= 0.6 is 0 Å². The molecule has 0 saturated carbocycles. The van der Waals surface area contributed by atoms with E-state index in [1.54, 1.807) is 12.1 Å². The molecule has 0 unspecified atom stereocenters. The fourth-order valence-electron chi connectivity index (χ4n) is 2.03. The number of hydrogen-bond donors (Lipinski definition) is 1. The monoisotopic (exact) mass is 323 g/mol. The number of hydrogen-bond acceptors (Lipinski definition) is 3. The normalized spacial score (nSPS) is 11.4. The van der Waals surface area contributed by atoms with Gasteiger partial charge in [0.2, 0.25) is 10.0 Å². The van der Waals surface area contributed by atoms with Crippen molar-refractivity contribution in [3.8, 4) is 5.75 Å². The number of aryl methyl sites for hydroxylation is 1. The van der Waals surface area contributed by atoms with Gasteiger partial charge in [-0.05, 0) is 30.7 Å². The van der Waals surface area contributed by atoms with Crippen molar-refractivity contribution in [3.05, 3.63) is 65.0 Å². The smallest absolute Gasteiger partial charge is 0.216 e. The van der Waals surface area contributed by atoms with Crippen molar-refractivity contribution < 1.29 is 17.5 Å². The summed E-state index contributed by atoms with van der Waals surface area (Å²) in [6.07, 6.45) is 0. The largest absolute Gasteiger partial charge is 0.496 e. The molecule has 0 bridgehead atoms. The molecule has 2 aromatic carbocycles. The summed E-state index contributed by atoms with van der Waals surface area (Å²) in [5.41, 5.74) is 2.22. The van der Waals surface area contributed by atoms with Crippen LogP contribution < -0.4 is 9.46 Å². The van der Waals surface area contributed by atoms with Crippen LogP contribution in [0.3, 0.4) is 0 Å². The van der Waals surface area contributed by atoms with E-state index < -0.39 is 15.8 Å². The van der Waals surface area contributed by atoms with Crippen LogP contribution in [0.25, 0.3) is 0 Å². The molecule has 6 heteroatoms. The zero-order chi connectivity index (χ0) is 16.2. The first-order chi connectivity index (χ1) is 10.4. The van der Waals surface area contributed by atoms with Gasteiger partial charge in [-0.2, -0.15) is 0 Å². The van der Waals surface area contributed by atoms with E-state index in [2.05, 4.69) is 4.72 Å². The van der Waals surface area contributed by atoms with E-state index in [4.69, 9.17) is 4.74 Å². The second-order valence-corrected chi connectivity index (χ2v) is 6.83. The second kappa shape index (κ2) is 6.89. The van der Waals surface area contributed by atoms with Crippen molar-refractivity contribution in [3.63, 3.8) is 0 Å². The highest BCUT2D eigenvalue weighted by atomic mass is 32.2. The third-order valence-corrected chi connectivity index (χ3v) is 4.50. The quantitative estimate of drug-likeness (QED) is 0.889. The Labute approximate surface area is 130 Å². The number of benzene rings is 2. The lowest BCUT2D eigenvalue weighted by molar-refractivity contribution is 0.407. The Morgan fingerprint density at radius 2 is 1.82 bits per heavy atom. The highest BCUT2D eigenvalue weighted by molar-refractivity contribution is 7.88. The molecule has 0 aliphatic heterocycles. The molecule has 118 valence electrons. The molecule has 2 aromatic rings. The average molecular weight is 323 g/mol. The first-order valence-electron chi connectivity index (χ1n) is 6.75. The molecule has 0 saturated heterocycles. The van der Waals surface area contributed by atoms with E-state index in [0.29, 0.717) is 16.9 Å². The number of ether oxygens (including phenoxy) is 1. The predicted molar refractivity (Wildman–Crippen MR) is 83.6 cm³/mol. The minimum Gasteiger partial charge on any atom is -0.496 e. The summed E-state index contributed by atoms with van der Waals surface area (Å²) in [4.78, 5) is 0. The molecule has 0 fully saturated rings. The van der Waals surface area contributed by atoms with Crippen molar-refractivity contribution in [2.24, 2.45) is 0 Å². The number of halogens is 1. The summed E-state index contributed by atoms with van der Waals surface area (Å²) in [5, 5.41) is 0. The third-order valence-electron chi connectivity index (χ3n) is 3.20. The van der Waals surface area contributed by atoms with Gasteiger partial charge in [0.05, 0.1) is 12.9 Å². The van der Waals surface area contributed by atoms with E-state index in [0.717, 1.165) is 5.56 Å². The van der Waals surface area contributed by atoms with Crippen molar-refractivity contribution in [1.82, 2.24) is 4.72 Å². The molecule has 0 spiro atoms. The number of methoxy groups -OCH3 is 1. The molecule has 0 atom stereocenters. The van der Waals surface area contributed by atoms with Crippen LogP contribution in [0, 0.1) is 12.7 Å². The molecule has 2 rings (SSSR count). The zero-order valence-corrected chi connectivity index (χ0v) is 13.3. The van der Waals surface area contributed by atoms with Crippen molar-refractivity contribution in [1.29, 1.82) is 0 Å². The molecule has 0 heterocycles. The second-order valence-electron chi connectivity index (χ2n) is 5.02. The molecule has 22 heavy (non-hydrogen) atoms. The van der Waals surface area contributed by atoms with E-state index in [9.17, 15) is 12.8 Å². The van der Waals surface area contributed by atoms with E-state index in [1.807, 2.05) is 19.1 Å². The Balaban J connectivity index is 2.06. The van der Waals surface area contributed by atoms with Crippen LogP contribution in [-0.4, -0.2) is 15.5 Å². The molecule has 1 N–H and O–H groups in total. The highest BCUT2D eigenvalue weighted by Crippen LogP contribution is 2.19. The van der Waals surface area contributed by atoms with Crippen LogP contribution in [-0.2, 0) is 22.3 Å². The van der Waals surface area contributed by atoms with Gasteiger partial charge in [0.25, 0.3) is 0 Å². The number of rotatable bonds is 6. The zero-order valence-electron chi connectivity index (χ0n) is 12.5. The lowest BCUT2D eigenvalue weighted by Gasteiger charge is -2.10. The van der Waals surface area contributed by atoms with Gasteiger partial charge in [0.1, 0.15) is 11.6 Å². The summed E-state index contributed by atoms with van der Waals surface area (Å²) in [6, 6.07) is 11.3. The van der Waals surface area contributed by atoms with Gasteiger partial charge in [0.15, 0.2) is 0 Å². The van der Waals surface area contributed by atoms with Crippen LogP contribution in [0.15, 0.2) is 42.5 Å². The van der Waals surface area contributed by atoms with Gasteiger partial charge in [-0.25, -0.2) is 17.5 Å². The maximum Gasteiger partial charge on any atom is 0.216 e. The van der Waals surface area contributed by atoms with E-state index >= 15 is 0 Å². The maximum absolute atomic E-state index is 13.3. The molecule has 0 aliphatic rings. The van der Waals surface area contributed by atoms with Crippen LogP contribution in [0.2, 0.25) is 0 Å². The third kappa shape index (κ3) is 4.54. The Morgan fingerprint density at radius 3 is 2.45 bits per heavy atom. The SMILES string of the molecule is COc1ccc(F)cc1CNS(=O)(=O)Cc1ccc(C)cc1. The Kier molecular flexibility index (Phi) is 5.15. The topological polar surface area (TPSA) is 55.4 Å². The molecule has 0 aromatic heterocycles. The lowest BCUT2D eigenvalue weighted by atomic mass is 10.2. The van der Waals surface area contributed by atoms with Gasteiger partial charge in [0, 0.05) is 12.1 Å². The number of sulfonamides is 1. The van der Waals surface area contributed by atoms with Crippen LogP contribution in [0.4, 0.5) is 4.39 Å². The highest BCUT2D eigenvalue weighted by Gasteiger charge is 2.13. The van der Waals surface area contributed by atoms with Gasteiger partial charge in [-0.1, -0.05) is 29.8 Å². The van der Waals surface area contributed by atoms with Crippen molar-refractivity contribution in [2.75, 3.05) is 7.11 Å². The van der Waals surface area contributed by atoms with Crippen molar-refractivity contribution >= 4 is 10.0 Å². The van der Waals surface area contributed by atoms with E-state index in [1.165, 1.54) is 25.3 Å². The van der Waals surface area contributed by atoms with Crippen LogP contribution in [0.5, 0.6) is 5.75 Å². The molecule has 0 aliphatic carbocycles. The first kappa shape index (κ1) is 16.5. The van der Waals surface area contributed by atoms with Gasteiger partial charge in [-0.15, -0.1) is 0 Å².